The van der Waals surface area contributed by atoms with Crippen LogP contribution >= 0.6 is 0 Å². The summed E-state index contributed by atoms with van der Waals surface area (Å²) < 4.78 is 5.47. The van der Waals surface area contributed by atoms with Gasteiger partial charge in [-0.15, -0.1) is 0 Å². The number of carbonyl (C=O) groups is 2. The van der Waals surface area contributed by atoms with E-state index in [0.29, 0.717) is 32.6 Å². The Kier molecular flexibility index (Phi) is 5.58. The molecule has 2 amide bonds. The van der Waals surface area contributed by atoms with Crippen molar-refractivity contribution in [3.63, 3.8) is 0 Å². The first kappa shape index (κ1) is 18.8. The summed E-state index contributed by atoms with van der Waals surface area (Å²) in [5.41, 5.74) is -0.477. The molecule has 1 unspecified atom stereocenters. The number of guanidine groups is 1. The molecule has 2 saturated heterocycles. The standard InChI is InChI=1S/C18H31N5O3/c1-18(2,3)26-17(25)22-10-11-23-14(13-22)12-20-16(23)19-7-6-15(24)21-8-4-5-9-21/h14H,4-13H2,1-3H3,(H,19,20). The second kappa shape index (κ2) is 7.72. The van der Waals surface area contributed by atoms with E-state index in [1.807, 2.05) is 25.7 Å². The minimum absolute atomic E-state index is 0.188. The molecule has 3 rings (SSSR count). The summed E-state index contributed by atoms with van der Waals surface area (Å²) in [6, 6.07) is 0.188. The molecule has 1 N–H and O–H groups in total. The number of nitrogens with one attached hydrogen (secondary N) is 1. The predicted octanol–water partition coefficient (Wildman–Crippen LogP) is 0.879. The number of amides is 2. The number of hydrogen-bond acceptors (Lipinski definition) is 6. The minimum atomic E-state index is -0.477. The largest absolute Gasteiger partial charge is 0.444 e. The van der Waals surface area contributed by atoms with Gasteiger partial charge >= 0.3 is 6.09 Å². The fourth-order valence-electron chi connectivity index (χ4n) is 3.63. The van der Waals surface area contributed by atoms with Crippen molar-refractivity contribution in [1.82, 2.24) is 20.0 Å². The molecule has 0 aliphatic carbocycles. The van der Waals surface area contributed by atoms with Crippen molar-refractivity contribution >= 4 is 18.0 Å². The van der Waals surface area contributed by atoms with E-state index in [-0.39, 0.29) is 18.0 Å². The molecule has 3 heterocycles. The van der Waals surface area contributed by atoms with Gasteiger partial charge in [0.25, 0.3) is 0 Å². The molecule has 0 aromatic rings. The molecular formula is C18H31N5O3. The number of nitrogens with zero attached hydrogens (tertiary/aromatic N) is 4. The topological polar surface area (TPSA) is 77.5 Å². The molecule has 8 heteroatoms. The SMILES string of the molecule is CC(C)(C)OC(=O)N1CCN2C(NCCC(=O)N3CCCC3)=NCC2C1. The average Bonchev–Trinajstić information content (AvgIpc) is 3.22. The molecule has 146 valence electrons. The lowest BCUT2D eigenvalue weighted by molar-refractivity contribution is -0.129. The molecule has 26 heavy (non-hydrogen) atoms. The minimum Gasteiger partial charge on any atom is -0.444 e. The van der Waals surface area contributed by atoms with E-state index in [1.165, 1.54) is 0 Å². The Balaban J connectivity index is 1.42. The molecular weight excluding hydrogens is 334 g/mol. The molecule has 0 aromatic carbocycles. The zero-order chi connectivity index (χ0) is 18.7. The normalized spacial score (nSPS) is 23.0. The number of hydrogen-bond donors (Lipinski definition) is 1. The van der Waals surface area contributed by atoms with Crippen molar-refractivity contribution < 1.29 is 14.3 Å². The Labute approximate surface area is 155 Å². The van der Waals surface area contributed by atoms with Crippen LogP contribution in [0.25, 0.3) is 0 Å². The fourth-order valence-corrected chi connectivity index (χ4v) is 3.63. The maximum absolute atomic E-state index is 12.2. The highest BCUT2D eigenvalue weighted by Gasteiger charge is 2.36. The molecule has 8 nitrogen and oxygen atoms in total. The molecule has 3 aliphatic rings. The summed E-state index contributed by atoms with van der Waals surface area (Å²) in [5.74, 6) is 1.08. The van der Waals surface area contributed by atoms with Gasteiger partial charge in [-0.2, -0.15) is 0 Å². The van der Waals surface area contributed by atoms with Crippen LogP contribution in [0.4, 0.5) is 4.79 Å². The van der Waals surface area contributed by atoms with Crippen molar-refractivity contribution in [2.24, 2.45) is 4.99 Å². The lowest BCUT2D eigenvalue weighted by atomic mass is 10.2. The van der Waals surface area contributed by atoms with Gasteiger partial charge < -0.3 is 24.8 Å². The van der Waals surface area contributed by atoms with E-state index in [0.717, 1.165) is 38.4 Å². The van der Waals surface area contributed by atoms with E-state index >= 15 is 0 Å². The third kappa shape index (κ3) is 4.59. The van der Waals surface area contributed by atoms with Crippen molar-refractivity contribution in [3.05, 3.63) is 0 Å². The van der Waals surface area contributed by atoms with Crippen LogP contribution < -0.4 is 5.32 Å². The third-order valence-electron chi connectivity index (χ3n) is 4.94. The lowest BCUT2D eigenvalue weighted by Crippen LogP contribution is -2.57. The lowest BCUT2D eigenvalue weighted by Gasteiger charge is -2.39. The van der Waals surface area contributed by atoms with Crippen LogP contribution in [-0.2, 0) is 9.53 Å². The molecule has 2 fully saturated rings. The molecule has 0 radical (unpaired) electrons. The first-order chi connectivity index (χ1) is 12.3. The molecule has 0 saturated carbocycles. The zero-order valence-corrected chi connectivity index (χ0v) is 16.2. The Morgan fingerprint density at radius 1 is 1.15 bits per heavy atom. The van der Waals surface area contributed by atoms with Crippen LogP contribution in [0.1, 0.15) is 40.0 Å². The summed E-state index contributed by atoms with van der Waals surface area (Å²) in [4.78, 5) is 34.8. The maximum atomic E-state index is 12.2. The van der Waals surface area contributed by atoms with E-state index in [2.05, 4.69) is 15.2 Å². The predicted molar refractivity (Wildman–Crippen MR) is 99.0 cm³/mol. The molecule has 0 bridgehead atoms. The zero-order valence-electron chi connectivity index (χ0n) is 16.2. The van der Waals surface area contributed by atoms with Crippen LogP contribution in [0.2, 0.25) is 0 Å². The number of aliphatic imine (C=N–C) groups is 1. The van der Waals surface area contributed by atoms with Gasteiger partial charge in [0.15, 0.2) is 5.96 Å². The Morgan fingerprint density at radius 3 is 2.58 bits per heavy atom. The van der Waals surface area contributed by atoms with Crippen molar-refractivity contribution in [2.75, 3.05) is 45.8 Å². The van der Waals surface area contributed by atoms with Gasteiger partial charge in [0.05, 0.1) is 12.6 Å². The monoisotopic (exact) mass is 365 g/mol. The molecule has 0 aromatic heterocycles. The fraction of sp³-hybridized carbons (Fsp3) is 0.833. The van der Waals surface area contributed by atoms with Gasteiger partial charge in [0.2, 0.25) is 5.91 Å². The highest BCUT2D eigenvalue weighted by atomic mass is 16.6. The van der Waals surface area contributed by atoms with Gasteiger partial charge in [0.1, 0.15) is 5.60 Å². The quantitative estimate of drug-likeness (QED) is 0.803. The van der Waals surface area contributed by atoms with Crippen LogP contribution in [0.3, 0.4) is 0 Å². The molecule has 3 aliphatic heterocycles. The van der Waals surface area contributed by atoms with E-state index in [9.17, 15) is 9.59 Å². The summed E-state index contributed by atoms with van der Waals surface area (Å²) in [6.45, 7) is 10.7. The number of rotatable bonds is 3. The first-order valence-electron chi connectivity index (χ1n) is 9.64. The van der Waals surface area contributed by atoms with Crippen molar-refractivity contribution in [3.8, 4) is 0 Å². The Hall–Kier alpha value is -1.99. The second-order valence-electron chi connectivity index (χ2n) is 8.20. The van der Waals surface area contributed by atoms with Crippen LogP contribution in [-0.4, -0.2) is 90.1 Å². The number of ether oxygens (including phenoxy) is 1. The Bertz CT molecular complexity index is 566. The number of fused-ring (bicyclic) bond motifs is 1. The summed E-state index contributed by atoms with van der Waals surface area (Å²) >= 11 is 0. The number of carbonyl (C=O) groups excluding carboxylic acids is 2. The number of likely N-dealkylation sites (tertiary alicyclic amines) is 1. The number of piperazine rings is 1. The van der Waals surface area contributed by atoms with Crippen LogP contribution in [0, 0.1) is 0 Å². The summed E-state index contributed by atoms with van der Waals surface area (Å²) in [7, 11) is 0. The van der Waals surface area contributed by atoms with Crippen LogP contribution in [0.5, 0.6) is 0 Å². The molecule has 0 spiro atoms. The summed E-state index contributed by atoms with van der Waals surface area (Å²) in [5, 5.41) is 3.31. The highest BCUT2D eigenvalue weighted by Crippen LogP contribution is 2.18. The maximum Gasteiger partial charge on any atom is 0.410 e. The van der Waals surface area contributed by atoms with E-state index in [4.69, 9.17) is 4.74 Å². The van der Waals surface area contributed by atoms with E-state index < -0.39 is 5.60 Å². The van der Waals surface area contributed by atoms with Gasteiger partial charge in [-0.3, -0.25) is 9.79 Å². The first-order valence-corrected chi connectivity index (χ1v) is 9.64. The second-order valence-corrected chi connectivity index (χ2v) is 8.20. The van der Waals surface area contributed by atoms with Crippen molar-refractivity contribution in [1.29, 1.82) is 0 Å². The van der Waals surface area contributed by atoms with Crippen LogP contribution in [0.15, 0.2) is 4.99 Å². The highest BCUT2D eigenvalue weighted by molar-refractivity contribution is 5.83. The van der Waals surface area contributed by atoms with Crippen molar-refractivity contribution in [2.45, 2.75) is 51.7 Å². The van der Waals surface area contributed by atoms with Gasteiger partial charge in [-0.1, -0.05) is 0 Å². The smallest absolute Gasteiger partial charge is 0.410 e. The Morgan fingerprint density at radius 2 is 1.88 bits per heavy atom. The van der Waals surface area contributed by atoms with Gasteiger partial charge in [-0.25, -0.2) is 4.79 Å². The third-order valence-corrected chi connectivity index (χ3v) is 4.94. The van der Waals surface area contributed by atoms with Gasteiger partial charge in [0, 0.05) is 45.7 Å². The van der Waals surface area contributed by atoms with E-state index in [1.54, 1.807) is 4.90 Å². The average molecular weight is 365 g/mol. The summed E-state index contributed by atoms with van der Waals surface area (Å²) in [6.07, 6.45) is 2.49. The molecule has 1 atom stereocenters. The van der Waals surface area contributed by atoms with Gasteiger partial charge in [-0.05, 0) is 33.6 Å².